The molecule has 0 aliphatic rings. The molecule has 0 bridgehead atoms. The second-order valence-electron chi connectivity index (χ2n) is 17.3. The number of carbonyl (C=O) groups is 3. The van der Waals surface area contributed by atoms with Gasteiger partial charge >= 0.3 is 0 Å². The molecule has 1 aromatic heterocycles. The maximum Gasteiger partial charge on any atom is 0.258 e. The van der Waals surface area contributed by atoms with E-state index >= 15 is 0 Å². The fourth-order valence-corrected chi connectivity index (χ4v) is 8.03. The molecule has 0 fully saturated rings. The molecule has 2 atom stereocenters. The normalized spacial score (nSPS) is 12.5. The minimum absolute atomic E-state index is 0.0414. The smallest absolute Gasteiger partial charge is 0.258 e. The molecule has 0 radical (unpaired) electrons. The Bertz CT molecular complexity index is 1930. The average Bonchev–Trinajstić information content (AvgIpc) is 3.62. The van der Waals surface area contributed by atoms with Crippen LogP contribution in [0.4, 0.5) is 4.39 Å². The number of benzene rings is 2. The number of amides is 3. The van der Waals surface area contributed by atoms with Gasteiger partial charge in [0, 0.05) is 50.1 Å². The van der Waals surface area contributed by atoms with Crippen molar-refractivity contribution < 1.29 is 29.0 Å². The van der Waals surface area contributed by atoms with Crippen molar-refractivity contribution in [3.05, 3.63) is 121 Å². The number of aromatic nitrogens is 1. The van der Waals surface area contributed by atoms with E-state index in [4.69, 9.17) is 0 Å². The monoisotopic (exact) mass is 881 g/mol. The standard InChI is InChI=1S/C54H77FN4O5/c1-7-9-11-12-13-14-15-16-17-18-19-20-21-22-26-30-49(63)58(6)38-36-56-48(62)40-47(61)39-46(60)35-37-59-52(41(3)4)51(54(64)57-42(5)27-10-8-2)50(43-28-24-23-25-29-43)53(59)44-31-33-45(55)34-32-44/h8,10,16-17,23-25,27-29,31-34,41,46-47,60-61H,2,5,7,9,11-15,18-22,26,30,35-40H2,1,3-4,6H3,(H,56,62)(H,57,64). The minimum Gasteiger partial charge on any atom is -0.393 e. The Morgan fingerprint density at radius 2 is 1.47 bits per heavy atom. The number of allylic oxidation sites excluding steroid dienone is 5. The summed E-state index contributed by atoms with van der Waals surface area (Å²) in [5, 5.41) is 27.8. The second kappa shape index (κ2) is 30.1. The van der Waals surface area contributed by atoms with Gasteiger partial charge in [0.2, 0.25) is 11.8 Å². The molecule has 0 saturated carbocycles. The van der Waals surface area contributed by atoms with Crippen LogP contribution in [0.5, 0.6) is 0 Å². The summed E-state index contributed by atoms with van der Waals surface area (Å²) < 4.78 is 16.3. The molecule has 0 aliphatic carbocycles. The number of hydrogen-bond donors (Lipinski definition) is 4. The summed E-state index contributed by atoms with van der Waals surface area (Å²) in [5.41, 5.74) is 4.37. The number of carbonyl (C=O) groups excluding carboxylic acids is 3. The lowest BCUT2D eigenvalue weighted by molar-refractivity contribution is -0.130. The highest BCUT2D eigenvalue weighted by molar-refractivity contribution is 6.07. The predicted molar refractivity (Wildman–Crippen MR) is 261 cm³/mol. The first-order valence-corrected chi connectivity index (χ1v) is 23.8. The number of unbranched alkanes of at least 4 members (excludes halogenated alkanes) is 11. The second-order valence-corrected chi connectivity index (χ2v) is 17.3. The van der Waals surface area contributed by atoms with E-state index in [-0.39, 0.29) is 56.0 Å². The van der Waals surface area contributed by atoms with E-state index < -0.39 is 18.0 Å². The van der Waals surface area contributed by atoms with Crippen LogP contribution in [0, 0.1) is 5.82 Å². The summed E-state index contributed by atoms with van der Waals surface area (Å²) in [6.45, 7) is 14.8. The Hall–Kier alpha value is -5.06. The molecule has 2 unspecified atom stereocenters. The molecule has 3 amide bonds. The van der Waals surface area contributed by atoms with Crippen LogP contribution in [-0.2, 0) is 16.1 Å². The van der Waals surface area contributed by atoms with Gasteiger partial charge in [-0.1, -0.05) is 140 Å². The third kappa shape index (κ3) is 19.0. The Morgan fingerprint density at radius 3 is 2.09 bits per heavy atom. The maximum atomic E-state index is 14.3. The van der Waals surface area contributed by atoms with E-state index in [2.05, 4.69) is 42.9 Å². The van der Waals surface area contributed by atoms with Crippen LogP contribution in [0.3, 0.4) is 0 Å². The number of nitrogens with one attached hydrogen (secondary N) is 2. The quantitative estimate of drug-likeness (QED) is 0.0282. The average molecular weight is 881 g/mol. The zero-order chi connectivity index (χ0) is 46.7. The molecule has 10 heteroatoms. The Labute approximate surface area is 383 Å². The fraction of sp³-hybridized carbons (Fsp3) is 0.500. The van der Waals surface area contributed by atoms with Crippen molar-refractivity contribution in [2.45, 2.75) is 155 Å². The number of halogens is 1. The minimum atomic E-state index is -1.10. The van der Waals surface area contributed by atoms with Gasteiger partial charge in [0.1, 0.15) is 5.82 Å². The number of aliphatic hydroxyl groups is 2. The third-order valence-electron chi connectivity index (χ3n) is 11.5. The summed E-state index contributed by atoms with van der Waals surface area (Å²) in [7, 11) is 1.74. The first kappa shape index (κ1) is 53.3. The summed E-state index contributed by atoms with van der Waals surface area (Å²) in [4.78, 5) is 41.3. The van der Waals surface area contributed by atoms with Crippen molar-refractivity contribution in [1.82, 2.24) is 20.1 Å². The zero-order valence-electron chi connectivity index (χ0n) is 39.3. The molecule has 64 heavy (non-hydrogen) atoms. The number of nitrogens with zero attached hydrogens (tertiary/aromatic N) is 2. The van der Waals surface area contributed by atoms with Crippen LogP contribution >= 0.6 is 0 Å². The molecule has 1 heterocycles. The van der Waals surface area contributed by atoms with E-state index in [1.807, 2.05) is 48.7 Å². The van der Waals surface area contributed by atoms with E-state index in [0.717, 1.165) is 36.9 Å². The lowest BCUT2D eigenvalue weighted by Gasteiger charge is -2.21. The van der Waals surface area contributed by atoms with Crippen LogP contribution in [-0.4, -0.2) is 69.7 Å². The fourth-order valence-electron chi connectivity index (χ4n) is 8.03. The van der Waals surface area contributed by atoms with Crippen LogP contribution in [0.1, 0.15) is 152 Å². The molecular weight excluding hydrogens is 804 g/mol. The van der Waals surface area contributed by atoms with Gasteiger partial charge in [-0.25, -0.2) is 4.39 Å². The molecule has 3 rings (SSSR count). The summed E-state index contributed by atoms with van der Waals surface area (Å²) >= 11 is 0. The largest absolute Gasteiger partial charge is 0.393 e. The number of aliphatic hydroxyl groups excluding tert-OH is 2. The van der Waals surface area contributed by atoms with Gasteiger partial charge in [0.25, 0.3) is 5.91 Å². The summed E-state index contributed by atoms with van der Waals surface area (Å²) in [5.74, 6) is -1.22. The van der Waals surface area contributed by atoms with E-state index in [1.165, 1.54) is 69.9 Å². The van der Waals surface area contributed by atoms with Gasteiger partial charge in [-0.2, -0.15) is 0 Å². The molecule has 0 spiro atoms. The van der Waals surface area contributed by atoms with Gasteiger partial charge in [0.05, 0.1) is 29.9 Å². The van der Waals surface area contributed by atoms with Gasteiger partial charge in [-0.15, -0.1) is 0 Å². The van der Waals surface area contributed by atoms with Gasteiger partial charge in [-0.3, -0.25) is 14.4 Å². The highest BCUT2D eigenvalue weighted by atomic mass is 19.1. The lowest BCUT2D eigenvalue weighted by Crippen LogP contribution is -2.37. The van der Waals surface area contributed by atoms with Crippen molar-refractivity contribution in [3.63, 3.8) is 0 Å². The highest BCUT2D eigenvalue weighted by Crippen LogP contribution is 2.42. The number of likely N-dealkylation sites (N-methyl/N-ethyl adjacent to an activating group) is 1. The van der Waals surface area contributed by atoms with Crippen molar-refractivity contribution in [2.75, 3.05) is 20.1 Å². The summed E-state index contributed by atoms with van der Waals surface area (Å²) in [6, 6.07) is 15.6. The Morgan fingerprint density at radius 1 is 0.844 bits per heavy atom. The topological polar surface area (TPSA) is 124 Å². The predicted octanol–water partition coefficient (Wildman–Crippen LogP) is 11.6. The molecule has 0 aliphatic heterocycles. The zero-order valence-corrected chi connectivity index (χ0v) is 39.3. The SMILES string of the molecule is C=CC=CC(=C)NC(=O)c1c(-c2ccccc2)c(-c2ccc(F)cc2)n(CCC(O)CC(O)CC(=O)NCCN(C)C(=O)CCCCCCCC=CCCCCCCCC)c1C(C)C. The Balaban J connectivity index is 1.52. The van der Waals surface area contributed by atoms with Gasteiger partial charge in [-0.05, 0) is 92.3 Å². The van der Waals surface area contributed by atoms with Crippen LogP contribution in [0.15, 0.2) is 104 Å². The molecule has 2 aromatic carbocycles. The van der Waals surface area contributed by atoms with Crippen molar-refractivity contribution in [1.29, 1.82) is 0 Å². The molecule has 3 aromatic rings. The molecule has 0 saturated heterocycles. The molecule has 9 nitrogen and oxygen atoms in total. The van der Waals surface area contributed by atoms with Gasteiger partial charge in [0.15, 0.2) is 0 Å². The van der Waals surface area contributed by atoms with Crippen LogP contribution in [0.2, 0.25) is 0 Å². The first-order chi connectivity index (χ1) is 30.9. The lowest BCUT2D eigenvalue weighted by atomic mass is 9.94. The molecule has 350 valence electrons. The third-order valence-corrected chi connectivity index (χ3v) is 11.5. The highest BCUT2D eigenvalue weighted by Gasteiger charge is 2.31. The number of rotatable bonds is 32. The van der Waals surface area contributed by atoms with Crippen molar-refractivity contribution in [3.8, 4) is 22.4 Å². The van der Waals surface area contributed by atoms with E-state index in [9.17, 15) is 29.0 Å². The number of hydrogen-bond acceptors (Lipinski definition) is 5. The van der Waals surface area contributed by atoms with Gasteiger partial charge < -0.3 is 30.3 Å². The van der Waals surface area contributed by atoms with Crippen molar-refractivity contribution >= 4 is 17.7 Å². The molecular formula is C54H77FN4O5. The molecule has 4 N–H and O–H groups in total. The van der Waals surface area contributed by atoms with Crippen molar-refractivity contribution in [2.24, 2.45) is 0 Å². The van der Waals surface area contributed by atoms with E-state index in [1.54, 1.807) is 42.3 Å². The summed E-state index contributed by atoms with van der Waals surface area (Å²) in [6.07, 6.45) is 23.6. The van der Waals surface area contributed by atoms with Crippen LogP contribution in [0.25, 0.3) is 22.4 Å². The maximum absolute atomic E-state index is 14.3. The van der Waals surface area contributed by atoms with Crippen LogP contribution < -0.4 is 10.6 Å². The first-order valence-electron chi connectivity index (χ1n) is 23.8. The van der Waals surface area contributed by atoms with E-state index in [0.29, 0.717) is 41.0 Å². The Kier molecular flexibility index (Phi) is 25.1.